The number of carbonyl (C=O) groups is 1. The second-order valence-corrected chi connectivity index (χ2v) is 6.06. The second kappa shape index (κ2) is 9.01. The highest BCUT2D eigenvalue weighted by atomic mass is 16.5. The summed E-state index contributed by atoms with van der Waals surface area (Å²) in [4.78, 5) is 15.4. The smallest absolute Gasteiger partial charge is 0.243 e. The van der Waals surface area contributed by atoms with E-state index in [-0.39, 0.29) is 5.91 Å². The van der Waals surface area contributed by atoms with Gasteiger partial charge in [0, 0.05) is 12.0 Å². The van der Waals surface area contributed by atoms with Crippen molar-refractivity contribution in [3.63, 3.8) is 0 Å². The number of hydroxylamine groups is 1. The first kappa shape index (κ1) is 17.9. The lowest BCUT2D eigenvalue weighted by molar-refractivity contribution is -0.129. The quantitative estimate of drug-likeness (QED) is 0.339. The summed E-state index contributed by atoms with van der Waals surface area (Å²) in [6.45, 7) is 0.633. The first-order valence-corrected chi connectivity index (χ1v) is 8.78. The Kier molecular flexibility index (Phi) is 6.22. The molecule has 1 amide bonds. The number of nitrogens with zero attached hydrogens (tertiary/aromatic N) is 1. The number of unbranched alkanes of at least 4 members (excludes halogenated alkanes) is 3. The number of hydrogen-bond donors (Lipinski definition) is 2. The van der Waals surface area contributed by atoms with Crippen molar-refractivity contribution in [2.24, 2.45) is 0 Å². The Hall–Kier alpha value is -2.86. The lowest BCUT2D eigenvalue weighted by atomic mass is 10.1. The van der Waals surface area contributed by atoms with Gasteiger partial charge in [-0.3, -0.25) is 10.0 Å². The zero-order valence-electron chi connectivity index (χ0n) is 14.5. The minimum Gasteiger partial charge on any atom is -0.494 e. The number of ether oxygens (including phenoxy) is 1. The van der Waals surface area contributed by atoms with Gasteiger partial charge in [0.25, 0.3) is 0 Å². The molecule has 6 heteroatoms. The van der Waals surface area contributed by atoms with E-state index in [1.807, 2.05) is 48.5 Å². The Labute approximate surface area is 151 Å². The summed E-state index contributed by atoms with van der Waals surface area (Å²) in [5, 5.41) is 8.40. The van der Waals surface area contributed by atoms with Gasteiger partial charge in [-0.05, 0) is 49.2 Å². The van der Waals surface area contributed by atoms with Crippen molar-refractivity contribution < 1.29 is 19.2 Å². The molecule has 0 radical (unpaired) electrons. The monoisotopic (exact) mass is 354 g/mol. The van der Waals surface area contributed by atoms with Crippen LogP contribution in [-0.2, 0) is 4.79 Å². The van der Waals surface area contributed by atoms with Crippen LogP contribution in [0.2, 0.25) is 0 Å². The number of aromatic nitrogens is 1. The van der Waals surface area contributed by atoms with Crippen LogP contribution in [0.4, 0.5) is 0 Å². The Morgan fingerprint density at radius 3 is 2.58 bits per heavy atom. The largest absolute Gasteiger partial charge is 0.494 e. The van der Waals surface area contributed by atoms with Crippen LogP contribution >= 0.6 is 0 Å². The van der Waals surface area contributed by atoms with Crippen molar-refractivity contribution in [1.82, 2.24) is 10.5 Å². The molecule has 0 saturated carbocycles. The molecule has 0 saturated heterocycles. The predicted molar refractivity (Wildman–Crippen MR) is 98.0 cm³/mol. The van der Waals surface area contributed by atoms with E-state index in [9.17, 15) is 4.79 Å². The first-order chi connectivity index (χ1) is 12.8. The number of para-hydroxylation sites is 2. The van der Waals surface area contributed by atoms with Gasteiger partial charge in [-0.1, -0.05) is 25.0 Å². The minimum atomic E-state index is -0.333. The maximum atomic E-state index is 10.9. The molecule has 136 valence electrons. The minimum absolute atomic E-state index is 0.333. The molecule has 1 heterocycles. The SMILES string of the molecule is O=C(CCCCCCOc1ccc(-c2nc3ccccc3o2)cc1)NO. The first-order valence-electron chi connectivity index (χ1n) is 8.78. The molecule has 2 aromatic carbocycles. The average Bonchev–Trinajstić information content (AvgIpc) is 3.11. The van der Waals surface area contributed by atoms with Crippen LogP contribution in [0.15, 0.2) is 52.9 Å². The Balaban J connectivity index is 1.42. The van der Waals surface area contributed by atoms with Crippen LogP contribution in [0.3, 0.4) is 0 Å². The Bertz CT molecular complexity index is 809. The fraction of sp³-hybridized carbons (Fsp3) is 0.300. The maximum absolute atomic E-state index is 10.9. The third-order valence-electron chi connectivity index (χ3n) is 4.09. The number of benzene rings is 2. The molecule has 0 bridgehead atoms. The maximum Gasteiger partial charge on any atom is 0.243 e. The van der Waals surface area contributed by atoms with Gasteiger partial charge in [-0.25, -0.2) is 10.5 Å². The molecule has 0 atom stereocenters. The summed E-state index contributed by atoms with van der Waals surface area (Å²) in [6, 6.07) is 15.4. The Morgan fingerprint density at radius 1 is 1.04 bits per heavy atom. The standard InChI is InChI=1S/C20H22N2O4/c23-19(22-24)9-3-1-2-6-14-25-16-12-10-15(11-13-16)20-21-17-7-4-5-8-18(17)26-20/h4-5,7-8,10-13,24H,1-3,6,9,14H2,(H,22,23). The van der Waals surface area contributed by atoms with E-state index in [2.05, 4.69) is 4.98 Å². The molecule has 6 nitrogen and oxygen atoms in total. The van der Waals surface area contributed by atoms with Gasteiger partial charge in [0.2, 0.25) is 11.8 Å². The number of rotatable bonds is 9. The topological polar surface area (TPSA) is 84.6 Å². The van der Waals surface area contributed by atoms with Gasteiger partial charge in [-0.15, -0.1) is 0 Å². The van der Waals surface area contributed by atoms with Crippen LogP contribution in [-0.4, -0.2) is 22.7 Å². The molecule has 0 aliphatic rings. The third kappa shape index (κ3) is 4.83. The molecule has 3 aromatic rings. The molecule has 1 aromatic heterocycles. The number of amides is 1. The number of oxazole rings is 1. The van der Waals surface area contributed by atoms with E-state index < -0.39 is 0 Å². The van der Waals surface area contributed by atoms with Crippen molar-refractivity contribution in [3.8, 4) is 17.2 Å². The Morgan fingerprint density at radius 2 is 1.81 bits per heavy atom. The zero-order chi connectivity index (χ0) is 18.2. The molecule has 0 unspecified atom stereocenters. The van der Waals surface area contributed by atoms with E-state index in [4.69, 9.17) is 14.4 Å². The number of hydrogen-bond acceptors (Lipinski definition) is 5. The van der Waals surface area contributed by atoms with Crippen LogP contribution < -0.4 is 10.2 Å². The van der Waals surface area contributed by atoms with E-state index in [1.165, 1.54) is 0 Å². The summed E-state index contributed by atoms with van der Waals surface area (Å²) < 4.78 is 11.5. The normalized spacial score (nSPS) is 10.8. The summed E-state index contributed by atoms with van der Waals surface area (Å²) in [6.07, 6.45) is 3.97. The van der Waals surface area contributed by atoms with Crippen molar-refractivity contribution in [3.05, 3.63) is 48.5 Å². The summed E-state index contributed by atoms with van der Waals surface area (Å²) in [5.74, 6) is 1.08. The highest BCUT2D eigenvalue weighted by Crippen LogP contribution is 2.25. The van der Waals surface area contributed by atoms with Crippen molar-refractivity contribution in [2.75, 3.05) is 6.61 Å². The fourth-order valence-electron chi connectivity index (χ4n) is 2.68. The molecular weight excluding hydrogens is 332 g/mol. The molecule has 0 aliphatic heterocycles. The lowest BCUT2D eigenvalue weighted by Crippen LogP contribution is -2.17. The summed E-state index contributed by atoms with van der Waals surface area (Å²) >= 11 is 0. The molecule has 26 heavy (non-hydrogen) atoms. The van der Waals surface area contributed by atoms with Crippen molar-refractivity contribution in [1.29, 1.82) is 0 Å². The molecule has 0 spiro atoms. The summed E-state index contributed by atoms with van der Waals surface area (Å²) in [5.41, 5.74) is 4.17. The molecular formula is C20H22N2O4. The predicted octanol–water partition coefficient (Wildman–Crippen LogP) is 4.33. The summed E-state index contributed by atoms with van der Waals surface area (Å²) in [7, 11) is 0. The van der Waals surface area contributed by atoms with Gasteiger partial charge in [0.05, 0.1) is 6.61 Å². The highest BCUT2D eigenvalue weighted by molar-refractivity contribution is 5.76. The van der Waals surface area contributed by atoms with E-state index >= 15 is 0 Å². The molecule has 3 rings (SSSR count). The van der Waals surface area contributed by atoms with Crippen LogP contribution in [0.25, 0.3) is 22.6 Å². The van der Waals surface area contributed by atoms with Gasteiger partial charge in [0.1, 0.15) is 11.3 Å². The fourth-order valence-corrected chi connectivity index (χ4v) is 2.68. The molecule has 2 N–H and O–H groups in total. The van der Waals surface area contributed by atoms with E-state index in [0.717, 1.165) is 48.1 Å². The highest BCUT2D eigenvalue weighted by Gasteiger charge is 2.07. The van der Waals surface area contributed by atoms with Crippen molar-refractivity contribution >= 4 is 17.0 Å². The third-order valence-corrected chi connectivity index (χ3v) is 4.09. The average molecular weight is 354 g/mol. The van der Waals surface area contributed by atoms with Crippen LogP contribution in [0.1, 0.15) is 32.1 Å². The van der Waals surface area contributed by atoms with Gasteiger partial charge < -0.3 is 9.15 Å². The molecule has 0 fully saturated rings. The van der Waals surface area contributed by atoms with E-state index in [1.54, 1.807) is 5.48 Å². The number of fused-ring (bicyclic) bond motifs is 1. The second-order valence-electron chi connectivity index (χ2n) is 6.06. The van der Waals surface area contributed by atoms with Crippen LogP contribution in [0.5, 0.6) is 5.75 Å². The van der Waals surface area contributed by atoms with Gasteiger partial charge in [-0.2, -0.15) is 0 Å². The van der Waals surface area contributed by atoms with Gasteiger partial charge >= 0.3 is 0 Å². The van der Waals surface area contributed by atoms with Crippen molar-refractivity contribution in [2.45, 2.75) is 32.1 Å². The van der Waals surface area contributed by atoms with Gasteiger partial charge in [0.15, 0.2) is 5.58 Å². The number of carbonyl (C=O) groups excluding carboxylic acids is 1. The molecule has 0 aliphatic carbocycles. The zero-order valence-corrected chi connectivity index (χ0v) is 14.5. The van der Waals surface area contributed by atoms with Crippen LogP contribution in [0, 0.1) is 0 Å². The number of nitrogens with one attached hydrogen (secondary N) is 1. The van der Waals surface area contributed by atoms with E-state index in [0.29, 0.717) is 18.9 Å². The lowest BCUT2D eigenvalue weighted by Gasteiger charge is -2.06.